The molecule has 0 aromatic heterocycles. The molecule has 184 valence electrons. The number of halogens is 2. The zero-order valence-corrected chi connectivity index (χ0v) is 22.1. The minimum absolute atomic E-state index is 0.0613. The highest BCUT2D eigenvalue weighted by Gasteiger charge is 2.30. The molecule has 3 aromatic carbocycles. The second-order valence-corrected chi connectivity index (χ2v) is 10.1. The van der Waals surface area contributed by atoms with Crippen LogP contribution in [0.4, 0.5) is 0 Å². The molecule has 35 heavy (non-hydrogen) atoms. The number of carbonyl (C=O) groups excluding carboxylic acids is 2. The Labute approximate surface area is 222 Å². The average Bonchev–Trinajstić information content (AvgIpc) is 2.86. The van der Waals surface area contributed by atoms with Crippen LogP contribution in [0.3, 0.4) is 0 Å². The van der Waals surface area contributed by atoms with Gasteiger partial charge in [0.05, 0.1) is 0 Å². The van der Waals surface area contributed by atoms with Gasteiger partial charge in [0.15, 0.2) is 0 Å². The second-order valence-electron chi connectivity index (χ2n) is 8.12. The van der Waals surface area contributed by atoms with Gasteiger partial charge in [0.2, 0.25) is 11.8 Å². The highest BCUT2D eigenvalue weighted by Crippen LogP contribution is 2.24. The molecule has 4 nitrogen and oxygen atoms in total. The van der Waals surface area contributed by atoms with Crippen LogP contribution in [0.1, 0.15) is 30.9 Å². The summed E-state index contributed by atoms with van der Waals surface area (Å²) < 4.78 is 0. The number of benzene rings is 3. The van der Waals surface area contributed by atoms with E-state index in [9.17, 15) is 9.59 Å². The van der Waals surface area contributed by atoms with E-state index in [1.165, 1.54) is 0 Å². The molecule has 0 spiro atoms. The number of thioether (sulfide) groups is 1. The van der Waals surface area contributed by atoms with Gasteiger partial charge in [0, 0.05) is 40.9 Å². The molecule has 0 aliphatic carbocycles. The monoisotopic (exact) mass is 528 g/mol. The third kappa shape index (κ3) is 8.60. The molecule has 1 N–H and O–H groups in total. The van der Waals surface area contributed by atoms with Crippen molar-refractivity contribution >= 4 is 46.8 Å². The summed E-state index contributed by atoms with van der Waals surface area (Å²) in [7, 11) is 0. The Morgan fingerprint density at radius 3 is 2.31 bits per heavy atom. The van der Waals surface area contributed by atoms with E-state index in [4.69, 9.17) is 23.2 Å². The van der Waals surface area contributed by atoms with E-state index in [1.807, 2.05) is 79.7 Å². The summed E-state index contributed by atoms with van der Waals surface area (Å²) in [6.07, 6.45) is 1.47. The largest absolute Gasteiger partial charge is 0.355 e. The van der Waals surface area contributed by atoms with Crippen LogP contribution in [0.15, 0.2) is 83.8 Å². The minimum atomic E-state index is -0.634. The molecule has 7 heteroatoms. The van der Waals surface area contributed by atoms with Crippen molar-refractivity contribution < 1.29 is 9.59 Å². The molecule has 1 atom stereocenters. The topological polar surface area (TPSA) is 49.4 Å². The van der Waals surface area contributed by atoms with Crippen molar-refractivity contribution in [2.45, 2.75) is 43.7 Å². The van der Waals surface area contributed by atoms with Gasteiger partial charge in [-0.05, 0) is 60.6 Å². The fourth-order valence-electron chi connectivity index (χ4n) is 3.74. The first-order valence-corrected chi connectivity index (χ1v) is 13.4. The van der Waals surface area contributed by atoms with Gasteiger partial charge in [-0.1, -0.05) is 71.7 Å². The lowest BCUT2D eigenvalue weighted by molar-refractivity contribution is -0.141. The van der Waals surface area contributed by atoms with Crippen molar-refractivity contribution in [2.75, 3.05) is 12.3 Å². The van der Waals surface area contributed by atoms with Crippen LogP contribution < -0.4 is 5.32 Å². The maximum atomic E-state index is 13.5. The van der Waals surface area contributed by atoms with Crippen molar-refractivity contribution in [3.8, 4) is 0 Å². The van der Waals surface area contributed by atoms with E-state index in [0.29, 0.717) is 35.9 Å². The quantitative estimate of drug-likeness (QED) is 0.211. The van der Waals surface area contributed by atoms with Crippen molar-refractivity contribution in [1.29, 1.82) is 0 Å². The molecular formula is C28H30Cl2N2O2S. The minimum Gasteiger partial charge on any atom is -0.355 e. The van der Waals surface area contributed by atoms with Gasteiger partial charge >= 0.3 is 0 Å². The highest BCUT2D eigenvalue weighted by atomic mass is 35.5. The summed E-state index contributed by atoms with van der Waals surface area (Å²) >= 11 is 14.1. The Balaban J connectivity index is 1.77. The zero-order chi connectivity index (χ0) is 25.0. The lowest BCUT2D eigenvalue weighted by Gasteiger charge is -2.32. The van der Waals surface area contributed by atoms with Crippen molar-refractivity contribution in [2.24, 2.45) is 0 Å². The molecule has 0 heterocycles. The van der Waals surface area contributed by atoms with E-state index >= 15 is 0 Å². The Hall–Kier alpha value is -2.47. The zero-order valence-electron chi connectivity index (χ0n) is 19.8. The second kappa shape index (κ2) is 14.2. The Morgan fingerprint density at radius 2 is 1.63 bits per heavy atom. The lowest BCUT2D eigenvalue weighted by atomic mass is 10.0. The number of carbonyl (C=O) groups is 2. The van der Waals surface area contributed by atoms with Gasteiger partial charge in [-0.3, -0.25) is 9.59 Å². The molecule has 0 saturated heterocycles. The van der Waals surface area contributed by atoms with Crippen LogP contribution in [0.2, 0.25) is 10.0 Å². The summed E-state index contributed by atoms with van der Waals surface area (Å²) in [4.78, 5) is 29.5. The van der Waals surface area contributed by atoms with Crippen molar-refractivity contribution in [1.82, 2.24) is 10.2 Å². The number of hydrogen-bond acceptors (Lipinski definition) is 3. The highest BCUT2D eigenvalue weighted by molar-refractivity contribution is 7.99. The van der Waals surface area contributed by atoms with Crippen LogP contribution in [0.5, 0.6) is 0 Å². The predicted octanol–water partition coefficient (Wildman–Crippen LogP) is 6.64. The number of hydrogen-bond donors (Lipinski definition) is 1. The first kappa shape index (κ1) is 27.1. The first-order chi connectivity index (χ1) is 17.0. The fourth-order valence-corrected chi connectivity index (χ4v) is 4.92. The van der Waals surface area contributed by atoms with Crippen LogP contribution in [0, 0.1) is 0 Å². The first-order valence-electron chi connectivity index (χ1n) is 11.7. The van der Waals surface area contributed by atoms with E-state index < -0.39 is 6.04 Å². The summed E-state index contributed by atoms with van der Waals surface area (Å²) in [5.41, 5.74) is 1.82. The molecule has 3 aromatic rings. The van der Waals surface area contributed by atoms with E-state index in [1.54, 1.807) is 22.7 Å². The summed E-state index contributed by atoms with van der Waals surface area (Å²) in [5, 5.41) is 4.20. The predicted molar refractivity (Wildman–Crippen MR) is 146 cm³/mol. The number of amides is 2. The van der Waals surface area contributed by atoms with E-state index in [2.05, 4.69) is 5.32 Å². The molecular weight excluding hydrogens is 499 g/mol. The van der Waals surface area contributed by atoms with Crippen molar-refractivity contribution in [3.63, 3.8) is 0 Å². The normalized spacial score (nSPS) is 11.6. The molecule has 0 unspecified atom stereocenters. The molecule has 2 amide bonds. The third-order valence-electron chi connectivity index (χ3n) is 5.54. The maximum Gasteiger partial charge on any atom is 0.243 e. The van der Waals surface area contributed by atoms with Crippen LogP contribution in [-0.4, -0.2) is 35.1 Å². The van der Waals surface area contributed by atoms with Crippen LogP contribution in [0.25, 0.3) is 0 Å². The van der Waals surface area contributed by atoms with Crippen LogP contribution in [-0.2, 0) is 22.6 Å². The van der Waals surface area contributed by atoms with Gasteiger partial charge in [0.25, 0.3) is 0 Å². The maximum absolute atomic E-state index is 13.5. The Morgan fingerprint density at radius 1 is 0.943 bits per heavy atom. The van der Waals surface area contributed by atoms with E-state index in [0.717, 1.165) is 21.8 Å². The smallest absolute Gasteiger partial charge is 0.243 e. The van der Waals surface area contributed by atoms with Gasteiger partial charge in [-0.25, -0.2) is 0 Å². The molecule has 0 aliphatic heterocycles. The van der Waals surface area contributed by atoms with Crippen molar-refractivity contribution in [3.05, 3.63) is 100 Å². The van der Waals surface area contributed by atoms with Crippen LogP contribution >= 0.6 is 35.0 Å². The summed E-state index contributed by atoms with van der Waals surface area (Å²) in [6, 6.07) is 24.3. The number of nitrogens with one attached hydrogen (secondary N) is 1. The van der Waals surface area contributed by atoms with E-state index in [-0.39, 0.29) is 18.4 Å². The summed E-state index contributed by atoms with van der Waals surface area (Å²) in [6.45, 7) is 2.65. The molecule has 0 fully saturated rings. The lowest BCUT2D eigenvalue weighted by Crippen LogP contribution is -2.50. The fraction of sp³-hybridized carbons (Fsp3) is 0.286. The number of nitrogens with zero attached hydrogens (tertiary/aromatic N) is 1. The SMILES string of the molecule is CCNC(=O)[C@H](Cc1ccccc1)N(Cc1ccccc1Cl)C(=O)CCCSc1ccc(Cl)cc1. The summed E-state index contributed by atoms with van der Waals surface area (Å²) in [5.74, 6) is 0.568. The molecule has 3 rings (SSSR count). The standard InChI is InChI=1S/C28H30Cl2N2O2S/c1-2-31-28(34)26(19-21-9-4-3-5-10-21)32(20-22-11-6-7-12-25(22)30)27(33)13-8-18-35-24-16-14-23(29)15-17-24/h3-7,9-12,14-17,26H,2,8,13,18-20H2,1H3,(H,31,34)/t26-/m0/s1. The van der Waals surface area contributed by atoms with Gasteiger partial charge in [0.1, 0.15) is 6.04 Å². The molecule has 0 saturated carbocycles. The van der Waals surface area contributed by atoms with Gasteiger partial charge < -0.3 is 10.2 Å². The molecule has 0 bridgehead atoms. The average molecular weight is 530 g/mol. The Bertz CT molecular complexity index is 1090. The van der Waals surface area contributed by atoms with Gasteiger partial charge in [-0.2, -0.15) is 0 Å². The Kier molecular flexibility index (Phi) is 11.0. The molecule has 0 radical (unpaired) electrons. The van der Waals surface area contributed by atoms with Gasteiger partial charge in [-0.15, -0.1) is 11.8 Å². The number of rotatable bonds is 12. The number of likely N-dealkylation sites (N-methyl/N-ethyl adjacent to an activating group) is 1. The third-order valence-corrected chi connectivity index (χ3v) is 7.26. The molecule has 0 aliphatic rings.